The Morgan fingerprint density at radius 2 is 1.76 bits per heavy atom. The molecule has 0 aromatic heterocycles. The van der Waals surface area contributed by atoms with Crippen LogP contribution in [0.2, 0.25) is 0 Å². The van der Waals surface area contributed by atoms with Crippen LogP contribution in [0.15, 0.2) is 30.3 Å². The molecule has 0 fully saturated rings. The van der Waals surface area contributed by atoms with Crippen molar-refractivity contribution in [1.82, 2.24) is 5.32 Å². The quantitative estimate of drug-likeness (QED) is 0.810. The van der Waals surface area contributed by atoms with E-state index in [4.69, 9.17) is 5.73 Å². The first-order valence-corrected chi connectivity index (χ1v) is 7.75. The van der Waals surface area contributed by atoms with E-state index in [9.17, 15) is 4.79 Å². The average Bonchev–Trinajstić information content (AvgIpc) is 2.37. The van der Waals surface area contributed by atoms with E-state index >= 15 is 0 Å². The number of carbonyl (C=O) groups is 1. The van der Waals surface area contributed by atoms with Crippen molar-refractivity contribution in [3.8, 4) is 0 Å². The van der Waals surface area contributed by atoms with E-state index in [-0.39, 0.29) is 16.9 Å². The van der Waals surface area contributed by atoms with Crippen LogP contribution in [0, 0.1) is 5.92 Å². The van der Waals surface area contributed by atoms with Crippen molar-refractivity contribution >= 4 is 5.91 Å². The first-order valence-electron chi connectivity index (χ1n) is 7.75. The third kappa shape index (κ3) is 5.50. The van der Waals surface area contributed by atoms with Crippen LogP contribution in [0.1, 0.15) is 53.0 Å². The Kier molecular flexibility index (Phi) is 5.97. The highest BCUT2D eigenvalue weighted by Gasteiger charge is 2.29. The Morgan fingerprint density at radius 3 is 2.24 bits per heavy atom. The van der Waals surface area contributed by atoms with Crippen LogP contribution in [-0.4, -0.2) is 18.0 Å². The number of rotatable bonds is 7. The molecule has 1 amide bonds. The van der Waals surface area contributed by atoms with Crippen molar-refractivity contribution in [3.63, 3.8) is 0 Å². The summed E-state index contributed by atoms with van der Waals surface area (Å²) < 4.78 is 0. The van der Waals surface area contributed by atoms with Crippen molar-refractivity contribution < 1.29 is 4.79 Å². The Balaban J connectivity index is 2.72. The SMILES string of the molecule is CC(C)CC(C)(CN)NC(=O)CC(C)(C)c1ccccc1. The van der Waals surface area contributed by atoms with Gasteiger partial charge in [-0.3, -0.25) is 4.79 Å². The lowest BCUT2D eigenvalue weighted by molar-refractivity contribution is -0.124. The molecule has 0 aliphatic rings. The molecule has 118 valence electrons. The summed E-state index contributed by atoms with van der Waals surface area (Å²) in [5.74, 6) is 0.568. The number of nitrogens with one attached hydrogen (secondary N) is 1. The minimum atomic E-state index is -0.321. The van der Waals surface area contributed by atoms with Crippen LogP contribution >= 0.6 is 0 Å². The predicted octanol–water partition coefficient (Wildman–Crippen LogP) is 3.23. The van der Waals surface area contributed by atoms with E-state index in [0.29, 0.717) is 18.9 Å². The van der Waals surface area contributed by atoms with Gasteiger partial charge in [0.2, 0.25) is 5.91 Å². The van der Waals surface area contributed by atoms with Crippen molar-refractivity contribution in [3.05, 3.63) is 35.9 Å². The molecule has 1 aromatic carbocycles. The lowest BCUT2D eigenvalue weighted by Crippen LogP contribution is -2.53. The first kappa shape index (κ1) is 17.7. The summed E-state index contributed by atoms with van der Waals surface area (Å²) >= 11 is 0. The van der Waals surface area contributed by atoms with Crippen LogP contribution in [0.5, 0.6) is 0 Å². The van der Waals surface area contributed by atoms with Gasteiger partial charge in [-0.25, -0.2) is 0 Å². The molecule has 1 atom stereocenters. The highest BCUT2D eigenvalue weighted by atomic mass is 16.1. The summed E-state index contributed by atoms with van der Waals surface area (Å²) in [6.07, 6.45) is 1.35. The number of hydrogen-bond acceptors (Lipinski definition) is 2. The Hall–Kier alpha value is -1.35. The summed E-state index contributed by atoms with van der Waals surface area (Å²) in [7, 11) is 0. The fraction of sp³-hybridized carbons (Fsp3) is 0.611. The van der Waals surface area contributed by atoms with Crippen molar-refractivity contribution in [2.24, 2.45) is 11.7 Å². The number of amides is 1. The average molecular weight is 290 g/mol. The summed E-state index contributed by atoms with van der Waals surface area (Å²) in [5, 5.41) is 3.14. The monoisotopic (exact) mass is 290 g/mol. The normalized spacial score (nSPS) is 14.8. The number of carbonyl (C=O) groups excluding carboxylic acids is 1. The number of nitrogens with two attached hydrogens (primary N) is 1. The van der Waals surface area contributed by atoms with Crippen molar-refractivity contribution in [1.29, 1.82) is 0 Å². The van der Waals surface area contributed by atoms with Gasteiger partial charge in [0, 0.05) is 18.5 Å². The molecule has 0 saturated carbocycles. The molecule has 3 heteroatoms. The molecule has 0 aliphatic heterocycles. The lowest BCUT2D eigenvalue weighted by Gasteiger charge is -2.33. The van der Waals surface area contributed by atoms with Gasteiger partial charge in [0.15, 0.2) is 0 Å². The second-order valence-corrected chi connectivity index (χ2v) is 7.34. The van der Waals surface area contributed by atoms with E-state index in [1.165, 1.54) is 5.56 Å². The van der Waals surface area contributed by atoms with Gasteiger partial charge in [-0.15, -0.1) is 0 Å². The van der Waals surface area contributed by atoms with Gasteiger partial charge < -0.3 is 11.1 Å². The highest BCUT2D eigenvalue weighted by Crippen LogP contribution is 2.27. The zero-order valence-electron chi connectivity index (χ0n) is 14.1. The zero-order chi connectivity index (χ0) is 16.1. The first-order chi connectivity index (χ1) is 9.68. The molecule has 0 spiro atoms. The minimum absolute atomic E-state index is 0.0671. The number of hydrogen-bond donors (Lipinski definition) is 2. The maximum atomic E-state index is 12.4. The largest absolute Gasteiger partial charge is 0.350 e. The molecule has 0 saturated heterocycles. The molecule has 21 heavy (non-hydrogen) atoms. The summed E-state index contributed by atoms with van der Waals surface area (Å²) in [6, 6.07) is 10.2. The molecule has 0 radical (unpaired) electrons. The van der Waals surface area contributed by atoms with Crippen LogP contribution < -0.4 is 11.1 Å². The summed E-state index contributed by atoms with van der Waals surface area (Å²) in [4.78, 5) is 12.4. The van der Waals surface area contributed by atoms with Crippen LogP contribution in [0.4, 0.5) is 0 Å². The molecule has 3 nitrogen and oxygen atoms in total. The third-order valence-corrected chi connectivity index (χ3v) is 3.91. The van der Waals surface area contributed by atoms with Gasteiger partial charge in [-0.05, 0) is 30.2 Å². The molecule has 1 aromatic rings. The van der Waals surface area contributed by atoms with Crippen LogP contribution in [0.3, 0.4) is 0 Å². The number of benzene rings is 1. The fourth-order valence-corrected chi connectivity index (χ4v) is 2.86. The van der Waals surface area contributed by atoms with Crippen LogP contribution in [0.25, 0.3) is 0 Å². The van der Waals surface area contributed by atoms with Crippen molar-refractivity contribution in [2.75, 3.05) is 6.54 Å². The van der Waals surface area contributed by atoms with E-state index < -0.39 is 0 Å². The Labute approximate surface area is 129 Å². The fourth-order valence-electron chi connectivity index (χ4n) is 2.86. The van der Waals surface area contributed by atoms with Gasteiger partial charge in [0.05, 0.1) is 0 Å². The molecular formula is C18H30N2O. The second-order valence-electron chi connectivity index (χ2n) is 7.34. The van der Waals surface area contributed by atoms with E-state index in [1.807, 2.05) is 25.1 Å². The van der Waals surface area contributed by atoms with E-state index in [1.54, 1.807) is 0 Å². The van der Waals surface area contributed by atoms with Gasteiger partial charge >= 0.3 is 0 Å². The molecule has 3 N–H and O–H groups in total. The molecule has 0 bridgehead atoms. The Morgan fingerprint density at radius 1 is 1.19 bits per heavy atom. The molecule has 1 unspecified atom stereocenters. The molecular weight excluding hydrogens is 260 g/mol. The topological polar surface area (TPSA) is 55.1 Å². The minimum Gasteiger partial charge on any atom is -0.350 e. The second kappa shape index (κ2) is 7.08. The van der Waals surface area contributed by atoms with Gasteiger partial charge in [0.25, 0.3) is 0 Å². The van der Waals surface area contributed by atoms with Gasteiger partial charge in [-0.1, -0.05) is 58.0 Å². The highest BCUT2D eigenvalue weighted by molar-refractivity contribution is 5.78. The predicted molar refractivity (Wildman–Crippen MR) is 89.1 cm³/mol. The molecule has 1 rings (SSSR count). The molecule has 0 aliphatic carbocycles. The van der Waals surface area contributed by atoms with E-state index in [0.717, 1.165) is 6.42 Å². The maximum Gasteiger partial charge on any atom is 0.221 e. The van der Waals surface area contributed by atoms with Crippen molar-refractivity contribution in [2.45, 2.75) is 58.4 Å². The third-order valence-electron chi connectivity index (χ3n) is 3.91. The van der Waals surface area contributed by atoms with Gasteiger partial charge in [0.1, 0.15) is 0 Å². The summed E-state index contributed by atoms with van der Waals surface area (Å²) in [6.45, 7) is 11.0. The van der Waals surface area contributed by atoms with Gasteiger partial charge in [-0.2, -0.15) is 0 Å². The maximum absolute atomic E-state index is 12.4. The smallest absolute Gasteiger partial charge is 0.221 e. The van der Waals surface area contributed by atoms with E-state index in [2.05, 4.69) is 45.1 Å². The summed E-state index contributed by atoms with van der Waals surface area (Å²) in [5.41, 5.74) is 6.54. The van der Waals surface area contributed by atoms with Crippen LogP contribution in [-0.2, 0) is 10.2 Å². The molecule has 0 heterocycles. The zero-order valence-corrected chi connectivity index (χ0v) is 14.1. The standard InChI is InChI=1S/C18H30N2O/c1-14(2)11-18(5,13-19)20-16(21)12-17(3,4)15-9-7-6-8-10-15/h6-10,14H,11-13,19H2,1-5H3,(H,20,21). The lowest BCUT2D eigenvalue weighted by atomic mass is 9.81. The Bertz CT molecular complexity index is 454.